The quantitative estimate of drug-likeness (QED) is 0.451. The summed E-state index contributed by atoms with van der Waals surface area (Å²) in [6.07, 6.45) is 10.6. The van der Waals surface area contributed by atoms with Crippen LogP contribution in [0, 0.1) is 0 Å². The first-order valence-corrected chi connectivity index (χ1v) is 7.64. The zero-order chi connectivity index (χ0) is 13.2. The van der Waals surface area contributed by atoms with E-state index in [1.807, 2.05) is 12.1 Å². The van der Waals surface area contributed by atoms with Crippen LogP contribution in [0.1, 0.15) is 76.7 Å². The minimum atomic E-state index is 0.665. The Morgan fingerprint density at radius 1 is 0.889 bits per heavy atom. The molecule has 0 aliphatic rings. The molecule has 1 nitrogen and oxygen atoms in total. The van der Waals surface area contributed by atoms with Crippen LogP contribution >= 0.6 is 0 Å². The van der Waals surface area contributed by atoms with Crippen molar-refractivity contribution in [1.29, 1.82) is 0 Å². The lowest BCUT2D eigenvalue weighted by atomic mass is 9.88. The van der Waals surface area contributed by atoms with Gasteiger partial charge in [0.25, 0.3) is 0 Å². The molecule has 1 aromatic rings. The first-order valence-electron chi connectivity index (χ1n) is 7.64. The summed E-state index contributed by atoms with van der Waals surface area (Å²) in [5.74, 6) is 0.665. The van der Waals surface area contributed by atoms with E-state index in [-0.39, 0.29) is 0 Å². The summed E-state index contributed by atoms with van der Waals surface area (Å²) in [6.45, 7) is 4.54. The molecule has 102 valence electrons. The number of anilines is 1. The number of rotatable bonds is 9. The molecule has 0 radical (unpaired) electrons. The van der Waals surface area contributed by atoms with E-state index >= 15 is 0 Å². The molecule has 0 saturated carbocycles. The maximum atomic E-state index is 6.10. The van der Waals surface area contributed by atoms with Gasteiger partial charge in [0, 0.05) is 5.69 Å². The Hall–Kier alpha value is -0.980. The zero-order valence-electron chi connectivity index (χ0n) is 12.1. The highest BCUT2D eigenvalue weighted by Crippen LogP contribution is 2.31. The molecule has 0 saturated heterocycles. The average molecular weight is 247 g/mol. The van der Waals surface area contributed by atoms with Crippen molar-refractivity contribution in [3.63, 3.8) is 0 Å². The van der Waals surface area contributed by atoms with Gasteiger partial charge in [0.05, 0.1) is 0 Å². The summed E-state index contributed by atoms with van der Waals surface area (Å²) in [7, 11) is 0. The van der Waals surface area contributed by atoms with Gasteiger partial charge in [-0.05, 0) is 30.4 Å². The number of nitrogen functional groups attached to an aromatic ring is 1. The van der Waals surface area contributed by atoms with E-state index in [1.54, 1.807) is 0 Å². The molecular formula is C17H29N. The fraction of sp³-hybridized carbons (Fsp3) is 0.647. The van der Waals surface area contributed by atoms with Crippen molar-refractivity contribution in [2.24, 2.45) is 0 Å². The summed E-state index contributed by atoms with van der Waals surface area (Å²) in [5, 5.41) is 0. The Balaban J connectivity index is 2.47. The van der Waals surface area contributed by atoms with Crippen molar-refractivity contribution in [2.75, 3.05) is 5.73 Å². The highest BCUT2D eigenvalue weighted by Gasteiger charge is 2.12. The summed E-state index contributed by atoms with van der Waals surface area (Å²) in [5.41, 5.74) is 8.45. The molecule has 0 bridgehead atoms. The number of hydrogen-bond acceptors (Lipinski definition) is 1. The molecule has 1 unspecified atom stereocenters. The number of benzene rings is 1. The third kappa shape index (κ3) is 5.12. The Bertz CT molecular complexity index is 319. The molecule has 1 atom stereocenters. The third-order valence-corrected chi connectivity index (χ3v) is 3.73. The van der Waals surface area contributed by atoms with Crippen LogP contribution in [0.3, 0.4) is 0 Å². The predicted molar refractivity (Wildman–Crippen MR) is 81.9 cm³/mol. The first kappa shape index (κ1) is 15.1. The lowest BCUT2D eigenvalue weighted by molar-refractivity contribution is 0.517. The average Bonchev–Trinajstić information content (AvgIpc) is 2.38. The monoisotopic (exact) mass is 247 g/mol. The van der Waals surface area contributed by atoms with E-state index in [1.165, 1.54) is 56.9 Å². The molecule has 1 heteroatoms. The summed E-state index contributed by atoms with van der Waals surface area (Å²) >= 11 is 0. The van der Waals surface area contributed by atoms with E-state index in [2.05, 4.69) is 26.0 Å². The normalized spacial score (nSPS) is 12.6. The minimum Gasteiger partial charge on any atom is -0.398 e. The molecular weight excluding hydrogens is 218 g/mol. The summed E-state index contributed by atoms with van der Waals surface area (Å²) in [4.78, 5) is 0. The van der Waals surface area contributed by atoms with Crippen LogP contribution in [-0.4, -0.2) is 0 Å². The minimum absolute atomic E-state index is 0.665. The molecule has 2 N–H and O–H groups in total. The van der Waals surface area contributed by atoms with Crippen molar-refractivity contribution in [3.8, 4) is 0 Å². The van der Waals surface area contributed by atoms with Crippen molar-refractivity contribution in [1.82, 2.24) is 0 Å². The zero-order valence-corrected chi connectivity index (χ0v) is 12.1. The van der Waals surface area contributed by atoms with Gasteiger partial charge in [-0.15, -0.1) is 0 Å². The van der Waals surface area contributed by atoms with Crippen LogP contribution in [0.15, 0.2) is 24.3 Å². The molecule has 0 fully saturated rings. The standard InChI is InChI=1S/C17H29N/c1-3-5-6-7-8-12-15(11-4-2)16-13-9-10-14-17(16)18/h9-10,13-15H,3-8,11-12,18H2,1-2H3. The molecule has 0 aliphatic carbocycles. The van der Waals surface area contributed by atoms with Crippen molar-refractivity contribution < 1.29 is 0 Å². The van der Waals surface area contributed by atoms with E-state index in [4.69, 9.17) is 5.73 Å². The molecule has 18 heavy (non-hydrogen) atoms. The highest BCUT2D eigenvalue weighted by atomic mass is 14.6. The number of unbranched alkanes of at least 4 members (excludes halogenated alkanes) is 4. The van der Waals surface area contributed by atoms with Gasteiger partial charge in [-0.2, -0.15) is 0 Å². The lowest BCUT2D eigenvalue weighted by Gasteiger charge is -2.18. The van der Waals surface area contributed by atoms with E-state index in [0.717, 1.165) is 5.69 Å². The molecule has 0 spiro atoms. The van der Waals surface area contributed by atoms with Gasteiger partial charge in [0.1, 0.15) is 0 Å². The molecule has 0 heterocycles. The summed E-state index contributed by atoms with van der Waals surface area (Å²) in [6, 6.07) is 8.39. The van der Waals surface area contributed by atoms with Crippen LogP contribution in [0.2, 0.25) is 0 Å². The van der Waals surface area contributed by atoms with Gasteiger partial charge < -0.3 is 5.73 Å². The lowest BCUT2D eigenvalue weighted by Crippen LogP contribution is -2.03. The predicted octanol–water partition coefficient (Wildman–Crippen LogP) is 5.51. The molecule has 0 amide bonds. The SMILES string of the molecule is CCCCCCCC(CCC)c1ccccc1N. The molecule has 1 aromatic carbocycles. The van der Waals surface area contributed by atoms with E-state index in [0.29, 0.717) is 5.92 Å². The highest BCUT2D eigenvalue weighted by molar-refractivity contribution is 5.48. The second-order valence-electron chi connectivity index (χ2n) is 5.32. The molecule has 0 aliphatic heterocycles. The van der Waals surface area contributed by atoms with Crippen LogP contribution in [0.5, 0.6) is 0 Å². The first-order chi connectivity index (χ1) is 8.79. The topological polar surface area (TPSA) is 26.0 Å². The fourth-order valence-electron chi connectivity index (χ4n) is 2.68. The maximum absolute atomic E-state index is 6.10. The van der Waals surface area contributed by atoms with Crippen molar-refractivity contribution in [3.05, 3.63) is 29.8 Å². The van der Waals surface area contributed by atoms with Crippen LogP contribution in [0.25, 0.3) is 0 Å². The molecule has 1 rings (SSSR count). The van der Waals surface area contributed by atoms with Crippen molar-refractivity contribution in [2.45, 2.75) is 71.1 Å². The smallest absolute Gasteiger partial charge is 0.0349 e. The van der Waals surface area contributed by atoms with Crippen LogP contribution in [-0.2, 0) is 0 Å². The fourth-order valence-corrected chi connectivity index (χ4v) is 2.68. The second kappa shape index (κ2) is 9.02. The van der Waals surface area contributed by atoms with Crippen LogP contribution < -0.4 is 5.73 Å². The van der Waals surface area contributed by atoms with Crippen LogP contribution in [0.4, 0.5) is 5.69 Å². The summed E-state index contributed by atoms with van der Waals surface area (Å²) < 4.78 is 0. The molecule has 0 aromatic heterocycles. The Morgan fingerprint density at radius 2 is 1.61 bits per heavy atom. The van der Waals surface area contributed by atoms with Crippen molar-refractivity contribution >= 4 is 5.69 Å². The van der Waals surface area contributed by atoms with E-state index < -0.39 is 0 Å². The number of nitrogens with two attached hydrogens (primary N) is 1. The number of para-hydroxylation sites is 1. The maximum Gasteiger partial charge on any atom is 0.0349 e. The third-order valence-electron chi connectivity index (χ3n) is 3.73. The van der Waals surface area contributed by atoms with Gasteiger partial charge in [0.15, 0.2) is 0 Å². The number of hydrogen-bond donors (Lipinski definition) is 1. The van der Waals surface area contributed by atoms with Gasteiger partial charge in [-0.3, -0.25) is 0 Å². The second-order valence-corrected chi connectivity index (χ2v) is 5.32. The van der Waals surface area contributed by atoms with Gasteiger partial charge in [-0.25, -0.2) is 0 Å². The van der Waals surface area contributed by atoms with Gasteiger partial charge >= 0.3 is 0 Å². The van der Waals surface area contributed by atoms with E-state index in [9.17, 15) is 0 Å². The largest absolute Gasteiger partial charge is 0.398 e. The van der Waals surface area contributed by atoms with Gasteiger partial charge in [-0.1, -0.05) is 70.6 Å². The Labute approximate surface area is 113 Å². The van der Waals surface area contributed by atoms with Gasteiger partial charge in [0.2, 0.25) is 0 Å². The Kier molecular flexibility index (Phi) is 7.55. The Morgan fingerprint density at radius 3 is 2.28 bits per heavy atom.